The summed E-state index contributed by atoms with van der Waals surface area (Å²) in [7, 11) is 0. The zero-order chi connectivity index (χ0) is 18.5. The molecule has 0 atom stereocenters. The van der Waals surface area contributed by atoms with E-state index in [0.717, 1.165) is 19.3 Å². The Kier molecular flexibility index (Phi) is 5.26. The fraction of sp³-hybridized carbons (Fsp3) is 0.263. The second kappa shape index (κ2) is 7.77. The van der Waals surface area contributed by atoms with E-state index in [1.165, 1.54) is 22.5 Å². The molecule has 0 bridgehead atoms. The van der Waals surface area contributed by atoms with Gasteiger partial charge in [-0.15, -0.1) is 0 Å². The number of rotatable bonds is 7. The topological polar surface area (TPSA) is 90.1 Å². The fourth-order valence-corrected chi connectivity index (χ4v) is 2.87. The molecule has 2 aromatic carbocycles. The molecular formula is C19H20N4O3. The van der Waals surface area contributed by atoms with Crippen LogP contribution in [-0.4, -0.2) is 20.4 Å². The van der Waals surface area contributed by atoms with Gasteiger partial charge in [0.2, 0.25) is 5.91 Å². The third-order valence-corrected chi connectivity index (χ3v) is 4.18. The first kappa shape index (κ1) is 17.6. The minimum absolute atomic E-state index is 0.0427. The van der Waals surface area contributed by atoms with Crippen LogP contribution in [0, 0.1) is 10.1 Å². The molecule has 0 saturated carbocycles. The van der Waals surface area contributed by atoms with Crippen molar-refractivity contribution in [3.63, 3.8) is 0 Å². The fourth-order valence-electron chi connectivity index (χ4n) is 2.87. The number of aromatic nitrogens is 2. The molecule has 0 radical (unpaired) electrons. The molecule has 0 aliphatic heterocycles. The van der Waals surface area contributed by atoms with E-state index in [9.17, 15) is 14.9 Å². The van der Waals surface area contributed by atoms with Gasteiger partial charge < -0.3 is 9.88 Å². The number of fused-ring (bicyclic) bond motifs is 1. The van der Waals surface area contributed by atoms with E-state index >= 15 is 0 Å². The van der Waals surface area contributed by atoms with Gasteiger partial charge in [0.1, 0.15) is 12.1 Å². The van der Waals surface area contributed by atoms with Gasteiger partial charge in [-0.2, -0.15) is 0 Å². The minimum Gasteiger partial charge on any atom is -0.325 e. The molecule has 0 saturated heterocycles. The maximum absolute atomic E-state index is 12.3. The molecule has 1 aromatic heterocycles. The second-order valence-electron chi connectivity index (χ2n) is 6.12. The maximum Gasteiger partial charge on any atom is 0.295 e. The van der Waals surface area contributed by atoms with Crippen molar-refractivity contribution in [2.45, 2.75) is 32.7 Å². The standard InChI is InChI=1S/C19H20N4O3/c1-2-3-5-14-8-10-15(11-9-14)21-18(24)12-22-13-20-16-6-4-7-17(19(16)22)23(25)26/h4,6-11,13H,2-3,5,12H2,1H3,(H,21,24). The number of nitro groups is 1. The van der Waals surface area contributed by atoms with Crippen molar-refractivity contribution in [3.8, 4) is 0 Å². The molecule has 1 N–H and O–H groups in total. The molecule has 3 rings (SSSR count). The number of hydrogen-bond acceptors (Lipinski definition) is 4. The van der Waals surface area contributed by atoms with Crippen LogP contribution < -0.4 is 5.32 Å². The average molecular weight is 352 g/mol. The maximum atomic E-state index is 12.3. The number of nitrogens with zero attached hydrogens (tertiary/aromatic N) is 3. The lowest BCUT2D eigenvalue weighted by molar-refractivity contribution is -0.383. The minimum atomic E-state index is -0.465. The average Bonchev–Trinajstić information content (AvgIpc) is 3.04. The van der Waals surface area contributed by atoms with E-state index in [1.807, 2.05) is 24.3 Å². The molecule has 134 valence electrons. The summed E-state index contributed by atoms with van der Waals surface area (Å²) in [5, 5.41) is 14.0. The Hall–Kier alpha value is -3.22. The van der Waals surface area contributed by atoms with E-state index in [-0.39, 0.29) is 18.1 Å². The number of hydrogen-bond donors (Lipinski definition) is 1. The molecule has 0 aliphatic rings. The molecule has 7 nitrogen and oxygen atoms in total. The van der Waals surface area contributed by atoms with Crippen LogP contribution >= 0.6 is 0 Å². The van der Waals surface area contributed by atoms with Crippen molar-refractivity contribution in [1.82, 2.24) is 9.55 Å². The third-order valence-electron chi connectivity index (χ3n) is 4.18. The lowest BCUT2D eigenvalue weighted by Crippen LogP contribution is -2.18. The summed E-state index contributed by atoms with van der Waals surface area (Å²) in [6.45, 7) is 2.11. The molecule has 26 heavy (non-hydrogen) atoms. The number of nitrogens with one attached hydrogen (secondary N) is 1. The predicted molar refractivity (Wildman–Crippen MR) is 100 cm³/mol. The number of amides is 1. The number of anilines is 1. The summed E-state index contributed by atoms with van der Waals surface area (Å²) < 4.78 is 1.50. The highest BCUT2D eigenvalue weighted by atomic mass is 16.6. The Balaban J connectivity index is 1.72. The predicted octanol–water partition coefficient (Wildman–Crippen LogP) is 3.93. The van der Waals surface area contributed by atoms with Crippen LogP contribution in [0.4, 0.5) is 11.4 Å². The van der Waals surface area contributed by atoms with Crippen molar-refractivity contribution in [1.29, 1.82) is 0 Å². The van der Waals surface area contributed by atoms with Crippen molar-refractivity contribution in [2.24, 2.45) is 0 Å². The van der Waals surface area contributed by atoms with Crippen molar-refractivity contribution in [3.05, 3.63) is 64.5 Å². The first-order chi connectivity index (χ1) is 12.6. The monoisotopic (exact) mass is 352 g/mol. The Bertz CT molecular complexity index is 932. The van der Waals surface area contributed by atoms with Crippen molar-refractivity contribution in [2.75, 3.05) is 5.32 Å². The zero-order valence-electron chi connectivity index (χ0n) is 14.5. The van der Waals surface area contributed by atoms with Crippen LogP contribution in [0.3, 0.4) is 0 Å². The van der Waals surface area contributed by atoms with E-state index in [0.29, 0.717) is 16.7 Å². The van der Waals surface area contributed by atoms with E-state index < -0.39 is 4.92 Å². The van der Waals surface area contributed by atoms with Gasteiger partial charge in [0, 0.05) is 11.8 Å². The number of benzene rings is 2. The van der Waals surface area contributed by atoms with Gasteiger partial charge in [0.05, 0.1) is 16.8 Å². The van der Waals surface area contributed by atoms with E-state index in [2.05, 4.69) is 17.2 Å². The number of non-ortho nitro benzene ring substituents is 1. The Morgan fingerprint density at radius 3 is 2.69 bits per heavy atom. The molecule has 0 fully saturated rings. The molecular weight excluding hydrogens is 332 g/mol. The Morgan fingerprint density at radius 1 is 1.23 bits per heavy atom. The highest BCUT2D eigenvalue weighted by molar-refractivity contribution is 5.92. The van der Waals surface area contributed by atoms with Gasteiger partial charge in [-0.1, -0.05) is 31.5 Å². The van der Waals surface area contributed by atoms with Gasteiger partial charge in [0.15, 0.2) is 0 Å². The Labute approximate surface area is 150 Å². The molecule has 1 amide bonds. The van der Waals surface area contributed by atoms with Crippen LogP contribution in [0.5, 0.6) is 0 Å². The number of carbonyl (C=O) groups excluding carboxylic acids is 1. The van der Waals surface area contributed by atoms with Gasteiger partial charge in [0.25, 0.3) is 5.69 Å². The lowest BCUT2D eigenvalue weighted by atomic mass is 10.1. The lowest BCUT2D eigenvalue weighted by Gasteiger charge is -2.08. The number of carbonyl (C=O) groups is 1. The van der Waals surface area contributed by atoms with Gasteiger partial charge in [-0.05, 0) is 36.6 Å². The molecule has 0 unspecified atom stereocenters. The number of unbranched alkanes of at least 4 members (excludes halogenated alkanes) is 1. The first-order valence-electron chi connectivity index (χ1n) is 8.55. The van der Waals surface area contributed by atoms with Crippen LogP contribution in [0.1, 0.15) is 25.3 Å². The summed E-state index contributed by atoms with van der Waals surface area (Å²) in [6, 6.07) is 12.4. The van der Waals surface area contributed by atoms with E-state index in [4.69, 9.17) is 0 Å². The summed E-state index contributed by atoms with van der Waals surface area (Å²) in [6.07, 6.45) is 4.75. The van der Waals surface area contributed by atoms with Gasteiger partial charge in [-0.3, -0.25) is 14.9 Å². The van der Waals surface area contributed by atoms with Crippen LogP contribution in [0.15, 0.2) is 48.8 Å². The summed E-state index contributed by atoms with van der Waals surface area (Å²) in [4.78, 5) is 27.2. The zero-order valence-corrected chi connectivity index (χ0v) is 14.5. The molecule has 3 aromatic rings. The summed E-state index contributed by atoms with van der Waals surface area (Å²) >= 11 is 0. The highest BCUT2D eigenvalue weighted by Crippen LogP contribution is 2.24. The highest BCUT2D eigenvalue weighted by Gasteiger charge is 2.17. The van der Waals surface area contributed by atoms with Crippen molar-refractivity contribution < 1.29 is 9.72 Å². The SMILES string of the molecule is CCCCc1ccc(NC(=O)Cn2cnc3cccc([N+](=O)[O-])c32)cc1. The Morgan fingerprint density at radius 2 is 2.00 bits per heavy atom. The van der Waals surface area contributed by atoms with Crippen molar-refractivity contribution >= 4 is 28.3 Å². The quantitative estimate of drug-likeness (QED) is 0.515. The van der Waals surface area contributed by atoms with Gasteiger partial charge in [-0.25, -0.2) is 4.98 Å². The number of para-hydroxylation sites is 1. The third kappa shape index (κ3) is 3.88. The van der Waals surface area contributed by atoms with Crippen LogP contribution in [0.2, 0.25) is 0 Å². The number of aryl methyl sites for hydroxylation is 1. The molecule has 1 heterocycles. The summed E-state index contributed by atoms with van der Waals surface area (Å²) in [5.74, 6) is -0.260. The smallest absolute Gasteiger partial charge is 0.295 e. The number of imidazole rings is 1. The second-order valence-corrected chi connectivity index (χ2v) is 6.12. The van der Waals surface area contributed by atoms with Gasteiger partial charge >= 0.3 is 0 Å². The van der Waals surface area contributed by atoms with Crippen LogP contribution in [0.25, 0.3) is 11.0 Å². The number of nitro benzene ring substituents is 1. The molecule has 0 spiro atoms. The van der Waals surface area contributed by atoms with Crippen LogP contribution in [-0.2, 0) is 17.8 Å². The largest absolute Gasteiger partial charge is 0.325 e. The first-order valence-corrected chi connectivity index (χ1v) is 8.55. The van der Waals surface area contributed by atoms with E-state index in [1.54, 1.807) is 12.1 Å². The molecule has 7 heteroatoms. The molecule has 0 aliphatic carbocycles. The normalized spacial score (nSPS) is 10.8. The summed E-state index contributed by atoms with van der Waals surface area (Å²) in [5.41, 5.74) is 2.72.